The summed E-state index contributed by atoms with van der Waals surface area (Å²) in [6, 6.07) is 7.50. The number of imide groups is 1. The first-order valence-electron chi connectivity index (χ1n) is 9.55. The molecule has 0 unspecified atom stereocenters. The van der Waals surface area contributed by atoms with Crippen LogP contribution in [-0.2, 0) is 14.3 Å². The molecule has 2 saturated heterocycles. The van der Waals surface area contributed by atoms with E-state index in [1.54, 1.807) is 23.1 Å². The molecule has 1 aromatic heterocycles. The van der Waals surface area contributed by atoms with Crippen molar-refractivity contribution in [3.63, 3.8) is 0 Å². The van der Waals surface area contributed by atoms with Crippen LogP contribution < -0.4 is 5.11 Å². The van der Waals surface area contributed by atoms with E-state index in [4.69, 9.17) is 20.8 Å². The maximum atomic E-state index is 12.7. The lowest BCUT2D eigenvalue weighted by Crippen LogP contribution is -2.46. The van der Waals surface area contributed by atoms with Crippen molar-refractivity contribution >= 4 is 52.5 Å². The van der Waals surface area contributed by atoms with E-state index in [0.717, 1.165) is 16.7 Å². The van der Waals surface area contributed by atoms with Gasteiger partial charge in [-0.25, -0.2) is 0 Å². The van der Waals surface area contributed by atoms with Crippen molar-refractivity contribution in [1.29, 1.82) is 0 Å². The monoisotopic (exact) mass is 475 g/mol. The van der Waals surface area contributed by atoms with E-state index in [0.29, 0.717) is 37.6 Å². The van der Waals surface area contributed by atoms with Crippen LogP contribution in [0.3, 0.4) is 0 Å². The molecule has 4 rings (SSSR count). The number of carbonyl (C=O) groups is 4. The zero-order chi connectivity index (χ0) is 22.8. The molecule has 0 saturated carbocycles. The number of halogens is 1. The third-order valence-corrected chi connectivity index (χ3v) is 6.14. The molecule has 0 N–H and O–H groups in total. The van der Waals surface area contributed by atoms with Crippen molar-refractivity contribution in [2.45, 2.75) is 0 Å². The van der Waals surface area contributed by atoms with Crippen molar-refractivity contribution in [3.05, 3.63) is 51.6 Å². The summed E-state index contributed by atoms with van der Waals surface area (Å²) in [5.41, 5.74) is 0.283. The number of carbonyl (C=O) groups excluding carboxylic acids is 4. The molecule has 2 fully saturated rings. The van der Waals surface area contributed by atoms with Gasteiger partial charge < -0.3 is 24.0 Å². The largest absolute Gasteiger partial charge is 0.545 e. The fraction of sp³-hybridized carbons (Fsp3) is 0.238. The van der Waals surface area contributed by atoms with E-state index >= 15 is 0 Å². The molecular formula is C21H16ClN2O7S-. The van der Waals surface area contributed by atoms with E-state index in [1.807, 2.05) is 0 Å². The second-order valence-corrected chi connectivity index (χ2v) is 8.35. The summed E-state index contributed by atoms with van der Waals surface area (Å²) in [4.78, 5) is 51.1. The number of amides is 3. The van der Waals surface area contributed by atoms with E-state index < -0.39 is 17.1 Å². The molecule has 3 heterocycles. The molecule has 0 aliphatic carbocycles. The number of rotatable bonds is 5. The molecule has 2 aromatic rings. The Balaban J connectivity index is 1.49. The summed E-state index contributed by atoms with van der Waals surface area (Å²) in [7, 11) is 0. The van der Waals surface area contributed by atoms with Gasteiger partial charge in [0, 0.05) is 35.3 Å². The minimum Gasteiger partial charge on any atom is -0.545 e. The number of thioether (sulfide) groups is 1. The number of benzene rings is 1. The topological polar surface area (TPSA) is 120 Å². The van der Waals surface area contributed by atoms with Crippen molar-refractivity contribution < 1.29 is 33.4 Å². The van der Waals surface area contributed by atoms with E-state index in [9.17, 15) is 24.3 Å². The normalized spacial score (nSPS) is 18.0. The lowest BCUT2D eigenvalue weighted by atomic mass is 10.1. The first-order valence-corrected chi connectivity index (χ1v) is 10.7. The predicted molar refractivity (Wildman–Crippen MR) is 114 cm³/mol. The van der Waals surface area contributed by atoms with Gasteiger partial charge in [0.1, 0.15) is 18.1 Å². The van der Waals surface area contributed by atoms with Gasteiger partial charge in [0.05, 0.1) is 24.1 Å². The molecule has 2 aliphatic heterocycles. The fourth-order valence-corrected chi connectivity index (χ4v) is 4.25. The molecule has 166 valence electrons. The summed E-state index contributed by atoms with van der Waals surface area (Å²) in [6.07, 6.45) is 1.41. The molecule has 0 atom stereocenters. The number of furan rings is 1. The van der Waals surface area contributed by atoms with Crippen molar-refractivity contribution in [3.8, 4) is 11.3 Å². The van der Waals surface area contributed by atoms with Gasteiger partial charge in [0.15, 0.2) is 0 Å². The molecule has 32 heavy (non-hydrogen) atoms. The average Bonchev–Trinajstić information content (AvgIpc) is 3.35. The number of hydrogen-bond donors (Lipinski definition) is 0. The van der Waals surface area contributed by atoms with Crippen LogP contribution in [0.5, 0.6) is 0 Å². The first kappa shape index (κ1) is 22.1. The van der Waals surface area contributed by atoms with Crippen molar-refractivity contribution in [2.24, 2.45) is 0 Å². The summed E-state index contributed by atoms with van der Waals surface area (Å²) in [5, 5.41) is 10.7. The number of ether oxygens (including phenoxy) is 1. The van der Waals surface area contributed by atoms with Crippen LogP contribution in [-0.4, -0.2) is 65.7 Å². The first-order chi connectivity index (χ1) is 15.3. The average molecular weight is 476 g/mol. The molecule has 2 aliphatic rings. The van der Waals surface area contributed by atoms with Gasteiger partial charge in [-0.1, -0.05) is 11.6 Å². The number of carboxylic acid groups (broad SMARTS) is 1. The Labute approximate surface area is 191 Å². The molecule has 11 heteroatoms. The molecular weight excluding hydrogens is 460 g/mol. The Morgan fingerprint density at radius 1 is 1.16 bits per heavy atom. The Hall–Kier alpha value is -3.08. The van der Waals surface area contributed by atoms with Gasteiger partial charge in [-0.15, -0.1) is 0 Å². The number of nitrogens with zero attached hydrogens (tertiary/aromatic N) is 2. The second-order valence-electron chi connectivity index (χ2n) is 6.95. The summed E-state index contributed by atoms with van der Waals surface area (Å²) < 4.78 is 10.9. The third kappa shape index (κ3) is 4.57. The van der Waals surface area contributed by atoms with Crippen molar-refractivity contribution in [2.75, 3.05) is 32.8 Å². The Morgan fingerprint density at radius 3 is 2.62 bits per heavy atom. The molecule has 0 bridgehead atoms. The van der Waals surface area contributed by atoms with Crippen LogP contribution in [0.2, 0.25) is 5.02 Å². The molecule has 9 nitrogen and oxygen atoms in total. The lowest BCUT2D eigenvalue weighted by molar-refractivity contribution is -0.255. The van der Waals surface area contributed by atoms with E-state index in [-0.39, 0.29) is 33.7 Å². The number of carboxylic acids is 1. The maximum absolute atomic E-state index is 12.7. The van der Waals surface area contributed by atoms with Crippen LogP contribution in [0.25, 0.3) is 17.4 Å². The second kappa shape index (κ2) is 9.19. The Kier molecular flexibility index (Phi) is 6.35. The number of aromatic carboxylic acids is 1. The van der Waals surface area contributed by atoms with Gasteiger partial charge in [0.2, 0.25) is 5.91 Å². The van der Waals surface area contributed by atoms with Crippen LogP contribution >= 0.6 is 23.4 Å². The van der Waals surface area contributed by atoms with Crippen LogP contribution in [0.15, 0.2) is 39.7 Å². The van der Waals surface area contributed by atoms with Crippen LogP contribution in [0.4, 0.5) is 4.79 Å². The minimum atomic E-state index is -1.41. The summed E-state index contributed by atoms with van der Waals surface area (Å²) in [5.74, 6) is -1.68. The molecule has 3 amide bonds. The van der Waals surface area contributed by atoms with Gasteiger partial charge in [0.25, 0.3) is 11.1 Å². The van der Waals surface area contributed by atoms with Gasteiger partial charge >= 0.3 is 0 Å². The minimum absolute atomic E-state index is 0.0424. The van der Waals surface area contributed by atoms with E-state index in [1.165, 1.54) is 18.2 Å². The molecule has 0 spiro atoms. The van der Waals surface area contributed by atoms with E-state index in [2.05, 4.69) is 0 Å². The molecule has 0 radical (unpaired) electrons. The van der Waals surface area contributed by atoms with Gasteiger partial charge in [-0.3, -0.25) is 19.3 Å². The maximum Gasteiger partial charge on any atom is 0.294 e. The fourth-order valence-electron chi connectivity index (χ4n) is 3.23. The highest BCUT2D eigenvalue weighted by Gasteiger charge is 2.37. The highest BCUT2D eigenvalue weighted by Crippen LogP contribution is 2.34. The predicted octanol–water partition coefficient (Wildman–Crippen LogP) is 1.86. The summed E-state index contributed by atoms with van der Waals surface area (Å²) >= 11 is 6.57. The number of morpholine rings is 1. The Bertz CT molecular complexity index is 1140. The van der Waals surface area contributed by atoms with Crippen LogP contribution in [0.1, 0.15) is 16.1 Å². The standard InChI is InChI=1S/C21H17ClN2O7S/c22-15-3-1-12(9-14(15)20(27)28)16-4-2-13(31-16)10-17-19(26)24(21(29)32-17)11-18(25)23-5-7-30-8-6-23/h1-4,9-10H,5-8,11H2,(H,27,28)/p-1/b17-10-. The van der Waals surface area contributed by atoms with Crippen molar-refractivity contribution in [1.82, 2.24) is 9.80 Å². The van der Waals surface area contributed by atoms with Crippen LogP contribution in [0, 0.1) is 0 Å². The zero-order valence-electron chi connectivity index (χ0n) is 16.5. The van der Waals surface area contributed by atoms with Gasteiger partial charge in [-0.2, -0.15) is 0 Å². The van der Waals surface area contributed by atoms with Gasteiger partial charge in [-0.05, 0) is 42.1 Å². The SMILES string of the molecule is O=C([O-])c1cc(-c2ccc(/C=C3\SC(=O)N(CC(=O)N4CCOCC4)C3=O)o2)ccc1Cl. The highest BCUT2D eigenvalue weighted by molar-refractivity contribution is 8.18. The highest BCUT2D eigenvalue weighted by atomic mass is 35.5. The zero-order valence-corrected chi connectivity index (χ0v) is 18.1. The summed E-state index contributed by atoms with van der Waals surface area (Å²) in [6.45, 7) is 1.36. The molecule has 1 aromatic carbocycles. The quantitative estimate of drug-likeness (QED) is 0.601. The Morgan fingerprint density at radius 2 is 1.91 bits per heavy atom. The number of hydrogen-bond acceptors (Lipinski definition) is 8. The smallest absolute Gasteiger partial charge is 0.294 e. The lowest BCUT2D eigenvalue weighted by Gasteiger charge is -2.27. The third-order valence-electron chi connectivity index (χ3n) is 4.90.